The maximum atomic E-state index is 13.3. The number of thiazole rings is 1. The van der Waals surface area contributed by atoms with Gasteiger partial charge in [-0.25, -0.2) is 14.9 Å². The van der Waals surface area contributed by atoms with Crippen molar-refractivity contribution in [3.8, 4) is 16.5 Å². The molecular formula is C26H25F3N10O3S. The average molecular weight is 615 g/mol. The monoisotopic (exact) mass is 614 g/mol. The number of nitrogens with one attached hydrogen (secondary N) is 2. The minimum absolute atomic E-state index is 0.0598. The van der Waals surface area contributed by atoms with Crippen LogP contribution in [0.25, 0.3) is 16.5 Å². The number of rotatable bonds is 7. The number of aromatic nitrogens is 7. The number of cyclic esters (lactones) is 1. The Balaban J connectivity index is 1.17. The minimum atomic E-state index is -4.50. The van der Waals surface area contributed by atoms with Gasteiger partial charge in [0.2, 0.25) is 0 Å². The zero-order chi connectivity index (χ0) is 29.9. The van der Waals surface area contributed by atoms with Crippen LogP contribution < -0.4 is 10.6 Å². The lowest BCUT2D eigenvalue weighted by Gasteiger charge is -2.35. The number of carbonyl (C=O) groups excluding carboxylic acids is 2. The molecule has 0 spiro atoms. The van der Waals surface area contributed by atoms with Crippen molar-refractivity contribution < 1.29 is 27.5 Å². The molecule has 1 amide bonds. The summed E-state index contributed by atoms with van der Waals surface area (Å²) in [4.78, 5) is 40.9. The zero-order valence-electron chi connectivity index (χ0n) is 22.7. The maximum absolute atomic E-state index is 13.3. The van der Waals surface area contributed by atoms with E-state index in [1.165, 1.54) is 5.38 Å². The number of nitrogens with zero attached hydrogens (tertiary/aromatic N) is 8. The number of fused-ring (bicyclic) bond motifs is 1. The Morgan fingerprint density at radius 2 is 2.02 bits per heavy atom. The van der Waals surface area contributed by atoms with Crippen LogP contribution in [0.1, 0.15) is 59.5 Å². The number of hydrogen-bond donors (Lipinski definition) is 2. The van der Waals surface area contributed by atoms with Gasteiger partial charge in [-0.15, -0.1) is 21.5 Å². The van der Waals surface area contributed by atoms with Crippen LogP contribution >= 0.6 is 11.3 Å². The van der Waals surface area contributed by atoms with Gasteiger partial charge in [-0.3, -0.25) is 19.1 Å². The molecule has 224 valence electrons. The summed E-state index contributed by atoms with van der Waals surface area (Å²) in [6.07, 6.45) is 3.93. The van der Waals surface area contributed by atoms with E-state index in [1.54, 1.807) is 18.6 Å². The van der Waals surface area contributed by atoms with Crippen molar-refractivity contribution in [1.29, 1.82) is 0 Å². The molecule has 13 nitrogen and oxygen atoms in total. The predicted octanol–water partition coefficient (Wildman–Crippen LogP) is 3.06. The molecule has 0 aromatic carbocycles. The van der Waals surface area contributed by atoms with Crippen LogP contribution in [-0.2, 0) is 9.53 Å². The Labute approximate surface area is 246 Å². The van der Waals surface area contributed by atoms with Crippen molar-refractivity contribution in [2.24, 2.45) is 0 Å². The number of ether oxygens (including phenoxy) is 1. The summed E-state index contributed by atoms with van der Waals surface area (Å²) in [7, 11) is 0. The van der Waals surface area contributed by atoms with Crippen LogP contribution in [0.4, 0.5) is 19.0 Å². The van der Waals surface area contributed by atoms with Gasteiger partial charge in [0.25, 0.3) is 5.91 Å². The first-order valence-electron chi connectivity index (χ1n) is 13.6. The highest BCUT2D eigenvalue weighted by Gasteiger charge is 2.43. The highest BCUT2D eigenvalue weighted by molar-refractivity contribution is 7.13. The van der Waals surface area contributed by atoms with Crippen LogP contribution in [-0.4, -0.2) is 83.1 Å². The number of alkyl halides is 3. The molecule has 0 radical (unpaired) electrons. The largest absolute Gasteiger partial charge is 0.448 e. The number of anilines is 1. The number of hydrogen-bond acceptors (Lipinski definition) is 11. The van der Waals surface area contributed by atoms with E-state index in [0.29, 0.717) is 24.7 Å². The molecule has 6 heterocycles. The van der Waals surface area contributed by atoms with Crippen LogP contribution in [0, 0.1) is 0 Å². The van der Waals surface area contributed by atoms with E-state index < -0.39 is 24.2 Å². The number of piperazine rings is 1. The number of imidazole rings is 1. The molecule has 0 bridgehead atoms. The van der Waals surface area contributed by atoms with Crippen LogP contribution in [0.5, 0.6) is 0 Å². The van der Waals surface area contributed by atoms with Gasteiger partial charge in [0.15, 0.2) is 10.8 Å². The number of halogens is 3. The molecule has 2 N–H and O–H groups in total. The van der Waals surface area contributed by atoms with Crippen molar-refractivity contribution in [2.45, 2.75) is 50.0 Å². The predicted molar refractivity (Wildman–Crippen MR) is 145 cm³/mol. The number of esters is 1. The Bertz CT molecular complexity index is 1700. The number of carbonyl (C=O) groups is 2. The van der Waals surface area contributed by atoms with Crippen molar-refractivity contribution in [1.82, 2.24) is 44.5 Å². The fraction of sp³-hybridized carbons (Fsp3) is 0.423. The minimum Gasteiger partial charge on any atom is -0.448 e. The van der Waals surface area contributed by atoms with Gasteiger partial charge < -0.3 is 19.9 Å². The second-order valence-electron chi connectivity index (χ2n) is 10.7. The molecule has 2 saturated heterocycles. The van der Waals surface area contributed by atoms with Gasteiger partial charge in [-0.1, -0.05) is 0 Å². The van der Waals surface area contributed by atoms with E-state index >= 15 is 0 Å². The quantitative estimate of drug-likeness (QED) is 0.298. The first kappa shape index (κ1) is 27.6. The van der Waals surface area contributed by atoms with Gasteiger partial charge in [0, 0.05) is 42.3 Å². The SMILES string of the molecule is C[C@H](n1cnnc1-c1nc(NC(=O)c2cc(-n3cnc(C4CC4)c3)c(C3CNCC4C(=O)OCN43)cn2)cs1)C(F)(F)F. The smallest absolute Gasteiger partial charge is 0.408 e. The van der Waals surface area contributed by atoms with Gasteiger partial charge in [0.05, 0.1) is 23.8 Å². The molecule has 4 aromatic rings. The molecule has 7 rings (SSSR count). The van der Waals surface area contributed by atoms with E-state index in [1.807, 2.05) is 15.7 Å². The summed E-state index contributed by atoms with van der Waals surface area (Å²) in [5.74, 6) is -0.345. The summed E-state index contributed by atoms with van der Waals surface area (Å²) >= 11 is 1.03. The lowest BCUT2D eigenvalue weighted by molar-refractivity contribution is -0.162. The van der Waals surface area contributed by atoms with Crippen molar-refractivity contribution in [3.63, 3.8) is 0 Å². The third-order valence-electron chi connectivity index (χ3n) is 7.89. The molecule has 17 heteroatoms. The highest BCUT2D eigenvalue weighted by Crippen LogP contribution is 2.40. The summed E-state index contributed by atoms with van der Waals surface area (Å²) < 4.78 is 48.0. The summed E-state index contributed by atoms with van der Waals surface area (Å²) in [5.41, 5.74) is 2.54. The Kier molecular flexibility index (Phi) is 6.74. The third-order valence-corrected chi connectivity index (χ3v) is 8.72. The van der Waals surface area contributed by atoms with E-state index in [0.717, 1.165) is 53.3 Å². The molecular weight excluding hydrogens is 589 g/mol. The fourth-order valence-electron chi connectivity index (χ4n) is 5.30. The van der Waals surface area contributed by atoms with Crippen LogP contribution in [0.3, 0.4) is 0 Å². The fourth-order valence-corrected chi connectivity index (χ4v) is 6.04. The van der Waals surface area contributed by atoms with Crippen LogP contribution in [0.15, 0.2) is 36.5 Å². The van der Waals surface area contributed by atoms with E-state index in [-0.39, 0.29) is 41.1 Å². The van der Waals surface area contributed by atoms with Gasteiger partial charge in [0.1, 0.15) is 36.7 Å². The summed E-state index contributed by atoms with van der Waals surface area (Å²) in [6, 6.07) is -0.860. The first-order valence-corrected chi connectivity index (χ1v) is 14.5. The maximum Gasteiger partial charge on any atom is 0.408 e. The Morgan fingerprint density at radius 1 is 1.21 bits per heavy atom. The van der Waals surface area contributed by atoms with E-state index in [9.17, 15) is 22.8 Å². The van der Waals surface area contributed by atoms with Crippen LogP contribution in [0.2, 0.25) is 0 Å². The standard InChI is InChI=1S/C26H25F3N10O3S/c1-13(26(27,28)29)38-11-33-36-22(38)24-35-21(9-43-24)34-23(40)16-4-18(37-8-17(32-10-37)14-2-3-14)15(5-31-16)19-6-30-7-20-25(41)42-12-39(19)20/h4-5,8-11,13-14,19-20,30H,2-3,6-7,12H2,1H3,(H,34,40)/t13-,19?,20?/m0/s1. The Hall–Kier alpha value is -4.22. The lowest BCUT2D eigenvalue weighted by atomic mass is 10.0. The summed E-state index contributed by atoms with van der Waals surface area (Å²) in [6.45, 7) is 2.20. The van der Waals surface area contributed by atoms with E-state index in [4.69, 9.17) is 4.74 Å². The molecule has 3 atom stereocenters. The zero-order valence-corrected chi connectivity index (χ0v) is 23.5. The lowest BCUT2D eigenvalue weighted by Crippen LogP contribution is -2.52. The topological polar surface area (TPSA) is 145 Å². The van der Waals surface area contributed by atoms with Gasteiger partial charge in [-0.2, -0.15) is 13.2 Å². The normalized spacial score (nSPS) is 21.4. The van der Waals surface area contributed by atoms with Crippen molar-refractivity contribution >= 4 is 29.0 Å². The third kappa shape index (κ3) is 5.16. The van der Waals surface area contributed by atoms with Gasteiger partial charge >= 0.3 is 12.1 Å². The van der Waals surface area contributed by atoms with Gasteiger partial charge in [-0.05, 0) is 25.8 Å². The average Bonchev–Trinajstić information content (AvgIpc) is 3.39. The second kappa shape index (κ2) is 10.5. The van der Waals surface area contributed by atoms with Crippen molar-refractivity contribution in [2.75, 3.05) is 25.1 Å². The molecule has 3 fully saturated rings. The molecule has 43 heavy (non-hydrogen) atoms. The first-order chi connectivity index (χ1) is 20.7. The molecule has 3 aliphatic rings. The summed E-state index contributed by atoms with van der Waals surface area (Å²) in [5, 5.41) is 15.1. The van der Waals surface area contributed by atoms with E-state index in [2.05, 4.69) is 35.8 Å². The molecule has 4 aromatic heterocycles. The number of amides is 1. The molecule has 2 aliphatic heterocycles. The number of pyridine rings is 1. The second-order valence-corrected chi connectivity index (χ2v) is 11.5. The highest BCUT2D eigenvalue weighted by atomic mass is 32.1. The van der Waals surface area contributed by atoms with Crippen molar-refractivity contribution in [3.05, 3.63) is 53.4 Å². The molecule has 1 saturated carbocycles. The molecule has 2 unspecified atom stereocenters. The Morgan fingerprint density at radius 3 is 2.81 bits per heavy atom. The molecule has 1 aliphatic carbocycles.